The van der Waals surface area contributed by atoms with E-state index in [1.807, 2.05) is 32.9 Å². The maximum Gasteiger partial charge on any atom is 0.340 e. The molecule has 0 bridgehead atoms. The number of hydrogen-bond donors (Lipinski definition) is 0. The van der Waals surface area contributed by atoms with E-state index >= 15 is 0 Å². The summed E-state index contributed by atoms with van der Waals surface area (Å²) in [6, 6.07) is 3.82. The van der Waals surface area contributed by atoms with Crippen molar-refractivity contribution in [1.29, 1.82) is 0 Å². The van der Waals surface area contributed by atoms with Crippen LogP contribution in [0, 0.1) is 0 Å². The Kier molecular flexibility index (Phi) is 4.46. The highest BCUT2D eigenvalue weighted by Crippen LogP contribution is 2.41. The fourth-order valence-corrected chi connectivity index (χ4v) is 3.71. The van der Waals surface area contributed by atoms with Crippen LogP contribution in [-0.2, 0) is 14.3 Å². The Hall–Kier alpha value is -0.980. The van der Waals surface area contributed by atoms with Gasteiger partial charge in [-0.05, 0) is 48.8 Å². The van der Waals surface area contributed by atoms with Gasteiger partial charge in [0.15, 0.2) is 6.10 Å². The second-order valence-electron chi connectivity index (χ2n) is 5.27. The monoisotopic (exact) mass is 357 g/mol. The van der Waals surface area contributed by atoms with Crippen LogP contribution in [0.4, 0.5) is 0 Å². The molecule has 2 aromatic rings. The average Bonchev–Trinajstić information content (AvgIpc) is 2.72. The number of halogens is 1. The number of aromatic nitrogens is 1. The van der Waals surface area contributed by atoms with Gasteiger partial charge in [0.2, 0.25) is 0 Å². The predicted octanol–water partition coefficient (Wildman–Crippen LogP) is 4.09. The summed E-state index contributed by atoms with van der Waals surface area (Å²) in [7, 11) is 1.36. The highest BCUT2D eigenvalue weighted by molar-refractivity contribution is 9.10. The minimum absolute atomic E-state index is 0.410. The molecule has 6 heteroatoms. The Bertz CT molecular complexity index is 633. The number of carbonyl (C=O) groups is 1. The first-order chi connectivity index (χ1) is 9.33. The molecule has 0 saturated carbocycles. The van der Waals surface area contributed by atoms with Gasteiger partial charge in [0.05, 0.1) is 17.6 Å². The lowest BCUT2D eigenvalue weighted by atomic mass is 10.1. The standard InChI is InChI=1S/C14H16BrNO3S/c1-14(2,3)19-10(13(17)18-4)11-9(15)8-6-5-7-16-12(8)20-11/h5-7,10H,1-4H3. The quantitative estimate of drug-likeness (QED) is 0.776. The molecule has 2 rings (SSSR count). The van der Waals surface area contributed by atoms with E-state index < -0.39 is 17.7 Å². The van der Waals surface area contributed by atoms with E-state index in [1.54, 1.807) is 6.20 Å². The van der Waals surface area contributed by atoms with Crippen LogP contribution in [0.1, 0.15) is 31.8 Å². The third-order valence-corrected chi connectivity index (χ3v) is 4.83. The van der Waals surface area contributed by atoms with E-state index in [4.69, 9.17) is 9.47 Å². The van der Waals surface area contributed by atoms with E-state index in [-0.39, 0.29) is 0 Å². The van der Waals surface area contributed by atoms with Crippen LogP contribution in [0.2, 0.25) is 0 Å². The van der Waals surface area contributed by atoms with E-state index in [0.29, 0.717) is 0 Å². The molecule has 0 aliphatic carbocycles. The second-order valence-corrected chi connectivity index (χ2v) is 7.09. The van der Waals surface area contributed by atoms with Gasteiger partial charge < -0.3 is 9.47 Å². The fourth-order valence-electron chi connectivity index (χ4n) is 1.76. The maximum atomic E-state index is 12.0. The van der Waals surface area contributed by atoms with Gasteiger partial charge in [-0.3, -0.25) is 0 Å². The van der Waals surface area contributed by atoms with Crippen LogP contribution in [0.25, 0.3) is 10.2 Å². The van der Waals surface area contributed by atoms with Crippen LogP contribution in [0.15, 0.2) is 22.8 Å². The summed E-state index contributed by atoms with van der Waals surface area (Å²) in [6.45, 7) is 5.72. The van der Waals surface area contributed by atoms with Crippen LogP contribution in [0.3, 0.4) is 0 Å². The number of rotatable bonds is 3. The molecule has 0 fully saturated rings. The van der Waals surface area contributed by atoms with Crippen molar-refractivity contribution >= 4 is 43.5 Å². The second kappa shape index (κ2) is 5.79. The summed E-state index contributed by atoms with van der Waals surface area (Å²) in [4.78, 5) is 18.0. The Morgan fingerprint density at radius 3 is 2.70 bits per heavy atom. The lowest BCUT2D eigenvalue weighted by Crippen LogP contribution is -2.27. The van der Waals surface area contributed by atoms with Crippen molar-refractivity contribution < 1.29 is 14.3 Å². The SMILES string of the molecule is COC(=O)C(OC(C)(C)C)c1sc2ncccc2c1Br. The lowest BCUT2D eigenvalue weighted by molar-refractivity contribution is -0.164. The van der Waals surface area contributed by atoms with Gasteiger partial charge in [-0.1, -0.05) is 0 Å². The number of fused-ring (bicyclic) bond motifs is 1. The number of methoxy groups -OCH3 is 1. The first-order valence-electron chi connectivity index (χ1n) is 6.12. The van der Waals surface area contributed by atoms with Crippen LogP contribution >= 0.6 is 27.3 Å². The third kappa shape index (κ3) is 3.19. The number of esters is 1. The van der Waals surface area contributed by atoms with Crippen LogP contribution < -0.4 is 0 Å². The van der Waals surface area contributed by atoms with E-state index in [1.165, 1.54) is 18.4 Å². The number of pyridine rings is 1. The number of hydrogen-bond acceptors (Lipinski definition) is 5. The highest BCUT2D eigenvalue weighted by atomic mass is 79.9. The average molecular weight is 358 g/mol. The molecule has 0 N–H and O–H groups in total. The number of thiophene rings is 1. The molecule has 0 aliphatic heterocycles. The summed E-state index contributed by atoms with van der Waals surface area (Å²) in [5, 5.41) is 0.971. The van der Waals surface area contributed by atoms with E-state index in [0.717, 1.165) is 19.6 Å². The Labute approximate surface area is 130 Å². The molecule has 20 heavy (non-hydrogen) atoms. The molecule has 2 heterocycles. The molecular formula is C14H16BrNO3S. The molecule has 0 aromatic carbocycles. The smallest absolute Gasteiger partial charge is 0.340 e. The maximum absolute atomic E-state index is 12.0. The number of nitrogens with zero attached hydrogens (tertiary/aromatic N) is 1. The Morgan fingerprint density at radius 1 is 1.45 bits per heavy atom. The topological polar surface area (TPSA) is 48.4 Å². The lowest BCUT2D eigenvalue weighted by Gasteiger charge is -2.25. The molecule has 0 saturated heterocycles. The van der Waals surface area contributed by atoms with Crippen LogP contribution in [-0.4, -0.2) is 23.7 Å². The Balaban J connectivity index is 2.50. The van der Waals surface area contributed by atoms with Gasteiger partial charge >= 0.3 is 5.97 Å². The summed E-state index contributed by atoms with van der Waals surface area (Å²) in [5.74, 6) is -0.410. The minimum Gasteiger partial charge on any atom is -0.467 e. The van der Waals surface area contributed by atoms with Gasteiger partial charge in [-0.15, -0.1) is 11.3 Å². The van der Waals surface area contributed by atoms with Crippen molar-refractivity contribution in [1.82, 2.24) is 4.98 Å². The van der Waals surface area contributed by atoms with Gasteiger partial charge in [0.1, 0.15) is 4.83 Å². The van der Waals surface area contributed by atoms with Gasteiger partial charge in [0.25, 0.3) is 0 Å². The first-order valence-corrected chi connectivity index (χ1v) is 7.73. The van der Waals surface area contributed by atoms with E-state index in [2.05, 4.69) is 20.9 Å². The molecule has 2 aromatic heterocycles. The molecule has 0 spiro atoms. The van der Waals surface area contributed by atoms with E-state index in [9.17, 15) is 4.79 Å². The predicted molar refractivity (Wildman–Crippen MR) is 82.9 cm³/mol. The van der Waals surface area contributed by atoms with Crippen molar-refractivity contribution in [3.05, 3.63) is 27.7 Å². The van der Waals surface area contributed by atoms with Gasteiger partial charge in [-0.25, -0.2) is 9.78 Å². The molecular weight excluding hydrogens is 342 g/mol. The van der Waals surface area contributed by atoms with Crippen molar-refractivity contribution in [2.24, 2.45) is 0 Å². The number of ether oxygens (including phenoxy) is 2. The van der Waals surface area contributed by atoms with Gasteiger partial charge in [0, 0.05) is 16.1 Å². The molecule has 108 valence electrons. The third-order valence-electron chi connectivity index (χ3n) is 2.56. The number of carbonyl (C=O) groups excluding carboxylic acids is 1. The highest BCUT2D eigenvalue weighted by Gasteiger charge is 2.31. The first kappa shape index (κ1) is 15.4. The summed E-state index contributed by atoms with van der Waals surface area (Å²) in [6.07, 6.45) is 0.973. The fraction of sp³-hybridized carbons (Fsp3) is 0.429. The van der Waals surface area contributed by atoms with Crippen LogP contribution in [0.5, 0.6) is 0 Å². The molecule has 1 unspecified atom stereocenters. The molecule has 0 aliphatic rings. The molecule has 4 nitrogen and oxygen atoms in total. The molecule has 0 radical (unpaired) electrons. The zero-order chi connectivity index (χ0) is 14.9. The van der Waals surface area contributed by atoms with Crippen molar-refractivity contribution in [3.63, 3.8) is 0 Å². The normalized spacial score (nSPS) is 13.4. The zero-order valence-corrected chi connectivity index (χ0v) is 14.2. The summed E-state index contributed by atoms with van der Waals surface area (Å²) >= 11 is 4.97. The van der Waals surface area contributed by atoms with Crippen molar-refractivity contribution in [3.8, 4) is 0 Å². The molecule has 1 atom stereocenters. The minimum atomic E-state index is -0.756. The largest absolute Gasteiger partial charge is 0.467 e. The zero-order valence-electron chi connectivity index (χ0n) is 11.8. The summed E-state index contributed by atoms with van der Waals surface area (Å²) < 4.78 is 11.6. The molecule has 0 amide bonds. The Morgan fingerprint density at radius 2 is 2.15 bits per heavy atom. The van der Waals surface area contributed by atoms with Crippen molar-refractivity contribution in [2.75, 3.05) is 7.11 Å². The van der Waals surface area contributed by atoms with Crippen molar-refractivity contribution in [2.45, 2.75) is 32.5 Å². The summed E-state index contributed by atoms with van der Waals surface area (Å²) in [5.41, 5.74) is -0.456. The van der Waals surface area contributed by atoms with Gasteiger partial charge in [-0.2, -0.15) is 0 Å².